The number of amides is 2. The van der Waals surface area contributed by atoms with Crippen molar-refractivity contribution in [1.82, 2.24) is 15.2 Å². The Kier molecular flexibility index (Phi) is 9.73. The van der Waals surface area contributed by atoms with E-state index >= 15 is 0 Å². The zero-order valence-electron chi connectivity index (χ0n) is 20.6. The van der Waals surface area contributed by atoms with Crippen LogP contribution in [0.15, 0.2) is 103 Å². The van der Waals surface area contributed by atoms with E-state index in [1.807, 2.05) is 54.6 Å². The van der Waals surface area contributed by atoms with E-state index in [4.69, 9.17) is 27.9 Å². The number of nitrogens with one attached hydrogen (secondary N) is 1. The highest BCUT2D eigenvalue weighted by atomic mass is 35.5. The molecule has 1 heterocycles. The van der Waals surface area contributed by atoms with Crippen LogP contribution in [0.25, 0.3) is 0 Å². The SMILES string of the molecule is O=C(NCc1cccnc1)[C@H](Cc1ccccc1)N(Cc1ccc(Cl)cc1)C(=O)COc1ccccc1Cl. The summed E-state index contributed by atoms with van der Waals surface area (Å²) in [5, 5.41) is 3.97. The first-order valence-electron chi connectivity index (χ1n) is 12.1. The quantitative estimate of drug-likeness (QED) is 0.260. The average molecular weight is 548 g/mol. The molecule has 0 spiro atoms. The summed E-state index contributed by atoms with van der Waals surface area (Å²) >= 11 is 12.3. The molecule has 2 amide bonds. The summed E-state index contributed by atoms with van der Waals surface area (Å²) in [5.74, 6) is -0.232. The van der Waals surface area contributed by atoms with Crippen LogP contribution >= 0.6 is 23.2 Å². The number of pyridine rings is 1. The number of carbonyl (C=O) groups excluding carboxylic acids is 2. The monoisotopic (exact) mass is 547 g/mol. The summed E-state index contributed by atoms with van der Waals surface area (Å²) in [7, 11) is 0. The van der Waals surface area contributed by atoms with Gasteiger partial charge in [0.2, 0.25) is 5.91 Å². The second-order valence-corrected chi connectivity index (χ2v) is 9.50. The molecule has 4 aromatic rings. The summed E-state index contributed by atoms with van der Waals surface area (Å²) in [6, 6.07) is 26.6. The number of para-hydroxylation sites is 1. The highest BCUT2D eigenvalue weighted by molar-refractivity contribution is 6.32. The highest BCUT2D eigenvalue weighted by Crippen LogP contribution is 2.24. The van der Waals surface area contributed by atoms with Crippen LogP contribution in [-0.2, 0) is 29.1 Å². The number of ether oxygens (including phenoxy) is 1. The Bertz CT molecular complexity index is 1340. The van der Waals surface area contributed by atoms with Gasteiger partial charge in [0.15, 0.2) is 6.61 Å². The van der Waals surface area contributed by atoms with Gasteiger partial charge in [0.1, 0.15) is 11.8 Å². The largest absolute Gasteiger partial charge is 0.482 e. The van der Waals surface area contributed by atoms with Crippen molar-refractivity contribution in [2.45, 2.75) is 25.6 Å². The van der Waals surface area contributed by atoms with Crippen molar-refractivity contribution in [2.24, 2.45) is 0 Å². The minimum Gasteiger partial charge on any atom is -0.482 e. The first-order chi connectivity index (χ1) is 18.5. The Morgan fingerprint density at radius 1 is 0.842 bits per heavy atom. The highest BCUT2D eigenvalue weighted by Gasteiger charge is 2.30. The van der Waals surface area contributed by atoms with Crippen molar-refractivity contribution in [1.29, 1.82) is 0 Å². The van der Waals surface area contributed by atoms with Gasteiger partial charge in [-0.1, -0.05) is 83.9 Å². The minimum absolute atomic E-state index is 0.194. The lowest BCUT2D eigenvalue weighted by molar-refractivity contribution is -0.142. The van der Waals surface area contributed by atoms with Gasteiger partial charge in [-0.05, 0) is 47.0 Å². The van der Waals surface area contributed by atoms with Crippen LogP contribution < -0.4 is 10.1 Å². The predicted molar refractivity (Wildman–Crippen MR) is 149 cm³/mol. The number of aromatic nitrogens is 1. The number of benzene rings is 3. The molecular formula is C30H27Cl2N3O3. The number of hydrogen-bond donors (Lipinski definition) is 1. The van der Waals surface area contributed by atoms with Gasteiger partial charge in [0.25, 0.3) is 5.91 Å². The van der Waals surface area contributed by atoms with E-state index in [-0.39, 0.29) is 31.5 Å². The molecule has 38 heavy (non-hydrogen) atoms. The molecule has 1 atom stereocenters. The van der Waals surface area contributed by atoms with E-state index in [9.17, 15) is 9.59 Å². The third kappa shape index (κ3) is 7.81. The molecule has 0 unspecified atom stereocenters. The number of rotatable bonds is 11. The third-order valence-corrected chi connectivity index (χ3v) is 6.48. The fraction of sp³-hybridized carbons (Fsp3) is 0.167. The van der Waals surface area contributed by atoms with Gasteiger partial charge in [-0.3, -0.25) is 14.6 Å². The van der Waals surface area contributed by atoms with Gasteiger partial charge in [0.05, 0.1) is 5.02 Å². The van der Waals surface area contributed by atoms with E-state index in [1.165, 1.54) is 0 Å². The lowest BCUT2D eigenvalue weighted by Crippen LogP contribution is -2.51. The fourth-order valence-electron chi connectivity index (χ4n) is 3.93. The number of carbonyl (C=O) groups is 2. The van der Waals surface area contributed by atoms with Crippen LogP contribution in [0.4, 0.5) is 0 Å². The summed E-state index contributed by atoms with van der Waals surface area (Å²) in [6.07, 6.45) is 3.70. The maximum atomic E-state index is 13.7. The summed E-state index contributed by atoms with van der Waals surface area (Å²) in [4.78, 5) is 32.9. The van der Waals surface area contributed by atoms with E-state index in [0.29, 0.717) is 22.2 Å². The molecule has 1 N–H and O–H groups in total. The average Bonchev–Trinajstić information content (AvgIpc) is 2.95. The number of hydrogen-bond acceptors (Lipinski definition) is 4. The van der Waals surface area contributed by atoms with E-state index in [2.05, 4.69) is 10.3 Å². The van der Waals surface area contributed by atoms with Crippen molar-refractivity contribution in [3.63, 3.8) is 0 Å². The molecule has 4 rings (SSSR count). The Morgan fingerprint density at radius 2 is 1.55 bits per heavy atom. The molecule has 0 aliphatic carbocycles. The van der Waals surface area contributed by atoms with Gasteiger partial charge in [-0.2, -0.15) is 0 Å². The van der Waals surface area contributed by atoms with Gasteiger partial charge >= 0.3 is 0 Å². The topological polar surface area (TPSA) is 71.5 Å². The zero-order valence-corrected chi connectivity index (χ0v) is 22.1. The van der Waals surface area contributed by atoms with Crippen molar-refractivity contribution in [3.05, 3.63) is 130 Å². The Balaban J connectivity index is 1.61. The molecule has 0 bridgehead atoms. The summed E-state index contributed by atoms with van der Waals surface area (Å²) < 4.78 is 5.76. The lowest BCUT2D eigenvalue weighted by atomic mass is 10.0. The van der Waals surface area contributed by atoms with Gasteiger partial charge in [0, 0.05) is 36.9 Å². The molecule has 6 nitrogen and oxygen atoms in total. The Labute approximate surface area is 232 Å². The second-order valence-electron chi connectivity index (χ2n) is 8.65. The van der Waals surface area contributed by atoms with Gasteiger partial charge < -0.3 is 15.0 Å². The molecule has 8 heteroatoms. The zero-order chi connectivity index (χ0) is 26.7. The van der Waals surface area contributed by atoms with Crippen molar-refractivity contribution >= 4 is 35.0 Å². The van der Waals surface area contributed by atoms with Crippen molar-refractivity contribution in [2.75, 3.05) is 6.61 Å². The van der Waals surface area contributed by atoms with Crippen LogP contribution in [-0.4, -0.2) is 34.3 Å². The standard InChI is InChI=1S/C30H27Cl2N3O3/c31-25-14-12-23(13-15-25)20-35(29(36)21-38-28-11-5-4-10-26(28)32)27(17-22-7-2-1-3-8-22)30(37)34-19-24-9-6-16-33-18-24/h1-16,18,27H,17,19-21H2,(H,34,37)/t27-/m0/s1. The fourth-order valence-corrected chi connectivity index (χ4v) is 4.25. The molecular weight excluding hydrogens is 521 g/mol. The number of nitrogens with zero attached hydrogens (tertiary/aromatic N) is 2. The van der Waals surface area contributed by atoms with Crippen molar-refractivity contribution in [3.8, 4) is 5.75 Å². The molecule has 1 aromatic heterocycles. The van der Waals surface area contributed by atoms with Crippen LogP contribution in [0, 0.1) is 0 Å². The molecule has 3 aromatic carbocycles. The minimum atomic E-state index is -0.799. The lowest BCUT2D eigenvalue weighted by Gasteiger charge is -2.31. The normalized spacial score (nSPS) is 11.4. The van der Waals surface area contributed by atoms with E-state index in [1.54, 1.807) is 53.7 Å². The molecule has 0 fully saturated rings. The molecule has 0 saturated heterocycles. The first-order valence-corrected chi connectivity index (χ1v) is 12.9. The Hall–Kier alpha value is -3.87. The smallest absolute Gasteiger partial charge is 0.261 e. The third-order valence-electron chi connectivity index (χ3n) is 5.91. The first kappa shape index (κ1) is 27.2. The van der Waals surface area contributed by atoms with E-state index < -0.39 is 6.04 Å². The van der Waals surface area contributed by atoms with Crippen LogP contribution in [0.1, 0.15) is 16.7 Å². The van der Waals surface area contributed by atoms with Gasteiger partial charge in [-0.15, -0.1) is 0 Å². The summed E-state index contributed by atoms with van der Waals surface area (Å²) in [5.41, 5.74) is 2.62. The van der Waals surface area contributed by atoms with Crippen molar-refractivity contribution < 1.29 is 14.3 Å². The Morgan fingerprint density at radius 3 is 2.26 bits per heavy atom. The molecule has 0 saturated carbocycles. The van der Waals surface area contributed by atoms with Gasteiger partial charge in [-0.25, -0.2) is 0 Å². The molecule has 194 valence electrons. The maximum absolute atomic E-state index is 13.7. The van der Waals surface area contributed by atoms with E-state index in [0.717, 1.165) is 16.7 Å². The molecule has 0 aliphatic rings. The molecule has 0 radical (unpaired) electrons. The second kappa shape index (κ2) is 13.6. The molecule has 0 aliphatic heterocycles. The van der Waals surface area contributed by atoms with Crippen LogP contribution in [0.5, 0.6) is 5.75 Å². The maximum Gasteiger partial charge on any atom is 0.261 e. The number of halogens is 2. The predicted octanol–water partition coefficient (Wildman–Crippen LogP) is 5.72. The summed E-state index contributed by atoms with van der Waals surface area (Å²) in [6.45, 7) is 0.204. The van der Waals surface area contributed by atoms with Crippen LogP contribution in [0.2, 0.25) is 10.0 Å². The van der Waals surface area contributed by atoms with Crippen LogP contribution in [0.3, 0.4) is 0 Å².